The van der Waals surface area contributed by atoms with Crippen LogP contribution in [0.1, 0.15) is 25.0 Å². The highest BCUT2D eigenvalue weighted by Crippen LogP contribution is 2.34. The second-order valence-electron chi connectivity index (χ2n) is 6.20. The third-order valence-corrected chi connectivity index (χ3v) is 5.63. The number of hydrogen-bond donors (Lipinski definition) is 1. The normalized spacial score (nSPS) is 29.5. The number of nitrogens with zero attached hydrogens (tertiary/aromatic N) is 5. The molecule has 2 aliphatic rings. The van der Waals surface area contributed by atoms with Crippen LogP contribution in [0.2, 0.25) is 0 Å². The highest BCUT2D eigenvalue weighted by Gasteiger charge is 2.45. The number of carbonyl (C=O) groups is 1. The molecule has 2 N–H and O–H groups in total. The summed E-state index contributed by atoms with van der Waals surface area (Å²) in [5, 5.41) is 7.39. The first-order valence-corrected chi connectivity index (χ1v) is 8.86. The zero-order valence-corrected chi connectivity index (χ0v) is 14.2. The first-order valence-electron chi connectivity index (χ1n) is 7.83. The van der Waals surface area contributed by atoms with Crippen LogP contribution in [0.3, 0.4) is 0 Å². The van der Waals surface area contributed by atoms with E-state index in [0.29, 0.717) is 25.3 Å². The molecule has 0 radical (unpaired) electrons. The summed E-state index contributed by atoms with van der Waals surface area (Å²) < 4.78 is 30.1. The lowest BCUT2D eigenvalue weighted by Crippen LogP contribution is -2.53. The van der Waals surface area contributed by atoms with E-state index in [1.54, 1.807) is 12.0 Å². The molecule has 2 bridgehead atoms. The van der Waals surface area contributed by atoms with Crippen molar-refractivity contribution in [3.8, 4) is 0 Å². The summed E-state index contributed by atoms with van der Waals surface area (Å²) >= 11 is -2.45. The molecule has 0 aromatic carbocycles. The van der Waals surface area contributed by atoms with Crippen LogP contribution in [0, 0.1) is 5.92 Å². The Morgan fingerprint density at radius 2 is 2.29 bits per heavy atom. The quantitative estimate of drug-likeness (QED) is 0.507. The SMILES string of the molecule is COC[C@H]1CN(Cc2cnnn2N)C(=O)C2CCCC1N2S(=O)[O-]. The number of carbonyl (C=O) groups excluding carboxylic acids is 1. The largest absolute Gasteiger partial charge is 0.760 e. The number of piperidine rings is 1. The summed E-state index contributed by atoms with van der Waals surface area (Å²) in [5.74, 6) is 5.39. The Morgan fingerprint density at radius 3 is 2.92 bits per heavy atom. The van der Waals surface area contributed by atoms with E-state index >= 15 is 0 Å². The lowest BCUT2D eigenvalue weighted by molar-refractivity contribution is -0.135. The Morgan fingerprint density at radius 1 is 1.50 bits per heavy atom. The van der Waals surface area contributed by atoms with Crippen LogP contribution in [0.25, 0.3) is 0 Å². The number of fused-ring (bicyclic) bond motifs is 2. The first kappa shape index (κ1) is 17.3. The number of rotatable bonds is 5. The summed E-state index contributed by atoms with van der Waals surface area (Å²) in [6.45, 7) is 1.03. The Bertz CT molecular complexity index is 625. The molecule has 1 aromatic heterocycles. The predicted octanol–water partition coefficient (Wildman–Crippen LogP) is -1.39. The Labute approximate surface area is 142 Å². The van der Waals surface area contributed by atoms with Gasteiger partial charge >= 0.3 is 0 Å². The summed E-state index contributed by atoms with van der Waals surface area (Å²) in [4.78, 5) is 15.7. The highest BCUT2D eigenvalue weighted by molar-refractivity contribution is 7.76. The fraction of sp³-hybridized carbons (Fsp3) is 0.769. The minimum Gasteiger partial charge on any atom is -0.760 e. The minimum atomic E-state index is -2.45. The van der Waals surface area contributed by atoms with Gasteiger partial charge < -0.3 is 20.0 Å². The van der Waals surface area contributed by atoms with Crippen molar-refractivity contribution in [2.45, 2.75) is 37.9 Å². The van der Waals surface area contributed by atoms with Gasteiger partial charge in [-0.3, -0.25) is 9.00 Å². The average Bonchev–Trinajstić information content (AvgIpc) is 2.94. The van der Waals surface area contributed by atoms with Crippen LogP contribution < -0.4 is 5.84 Å². The summed E-state index contributed by atoms with van der Waals surface area (Å²) in [6, 6.07) is -0.886. The Hall–Kier alpha value is -1.56. The van der Waals surface area contributed by atoms with Crippen molar-refractivity contribution in [1.82, 2.24) is 24.3 Å². The van der Waals surface area contributed by atoms with Gasteiger partial charge in [-0.2, -0.15) is 4.79 Å². The standard InChI is InChI=1S/C13H22N6O4S/c1-23-8-9-6-17(7-10-5-15-16-19(10)14)13(20)12-4-2-3-11(9)18(12)24(21)22/h5,9,11-12H,2-4,6-8,14H2,1H3,(H,21,22)/p-1/t9-,11?,12?/m1/s1. The van der Waals surface area contributed by atoms with Gasteiger partial charge in [-0.05, 0) is 24.5 Å². The van der Waals surface area contributed by atoms with Gasteiger partial charge in [0.05, 0.1) is 19.3 Å². The molecule has 1 amide bonds. The van der Waals surface area contributed by atoms with Crippen molar-refractivity contribution in [3.63, 3.8) is 0 Å². The van der Waals surface area contributed by atoms with Gasteiger partial charge in [-0.15, -0.1) is 5.10 Å². The second kappa shape index (κ2) is 7.13. The molecule has 4 atom stereocenters. The van der Waals surface area contributed by atoms with Crippen LogP contribution in [0.15, 0.2) is 6.20 Å². The van der Waals surface area contributed by atoms with Gasteiger partial charge in [-0.1, -0.05) is 0 Å². The number of nitrogens with two attached hydrogens (primary N) is 1. The van der Waals surface area contributed by atoms with E-state index in [1.165, 1.54) is 10.5 Å². The van der Waals surface area contributed by atoms with Crippen LogP contribution in [0.4, 0.5) is 0 Å². The maximum absolute atomic E-state index is 12.9. The summed E-state index contributed by atoms with van der Waals surface area (Å²) in [5.41, 5.74) is 0.589. The monoisotopic (exact) mass is 357 g/mol. The van der Waals surface area contributed by atoms with E-state index in [-0.39, 0.29) is 24.4 Å². The Balaban J connectivity index is 1.92. The molecule has 11 heteroatoms. The molecule has 0 saturated carbocycles. The summed E-state index contributed by atoms with van der Waals surface area (Å²) in [6.07, 6.45) is 3.58. The van der Waals surface area contributed by atoms with Gasteiger partial charge in [0.1, 0.15) is 11.7 Å². The van der Waals surface area contributed by atoms with Crippen molar-refractivity contribution < 1.29 is 18.3 Å². The van der Waals surface area contributed by atoms with Crippen LogP contribution in [0.5, 0.6) is 0 Å². The number of nitrogen functional groups attached to an aromatic ring is 1. The maximum Gasteiger partial charge on any atom is 0.241 e. The van der Waals surface area contributed by atoms with E-state index in [2.05, 4.69) is 10.3 Å². The predicted molar refractivity (Wildman–Crippen MR) is 83.1 cm³/mol. The molecular formula is C13H21N6O4S-. The maximum atomic E-state index is 12.9. The molecule has 2 saturated heterocycles. The smallest absolute Gasteiger partial charge is 0.241 e. The van der Waals surface area contributed by atoms with Crippen molar-refractivity contribution >= 4 is 17.2 Å². The van der Waals surface area contributed by atoms with Gasteiger partial charge in [0.15, 0.2) is 0 Å². The van der Waals surface area contributed by atoms with Gasteiger partial charge in [0, 0.05) is 36.9 Å². The average molecular weight is 357 g/mol. The number of ether oxygens (including phenoxy) is 1. The van der Waals surface area contributed by atoms with E-state index < -0.39 is 17.3 Å². The molecule has 134 valence electrons. The van der Waals surface area contributed by atoms with Crippen molar-refractivity contribution in [2.75, 3.05) is 26.1 Å². The molecule has 0 aliphatic carbocycles. The fourth-order valence-electron chi connectivity index (χ4n) is 3.70. The third kappa shape index (κ3) is 3.16. The lowest BCUT2D eigenvalue weighted by Gasteiger charge is -2.42. The van der Waals surface area contributed by atoms with E-state index in [4.69, 9.17) is 10.6 Å². The zero-order chi connectivity index (χ0) is 17.3. The van der Waals surface area contributed by atoms with Crippen molar-refractivity contribution in [3.05, 3.63) is 11.9 Å². The van der Waals surface area contributed by atoms with Crippen molar-refractivity contribution in [2.24, 2.45) is 5.92 Å². The number of methoxy groups -OCH3 is 1. The molecule has 3 heterocycles. The second-order valence-corrected chi connectivity index (χ2v) is 7.05. The molecule has 10 nitrogen and oxygen atoms in total. The highest BCUT2D eigenvalue weighted by atomic mass is 32.2. The number of amides is 1. The van der Waals surface area contributed by atoms with Gasteiger partial charge in [0.2, 0.25) is 5.91 Å². The Kier molecular flexibility index (Phi) is 5.13. The van der Waals surface area contributed by atoms with Crippen LogP contribution in [-0.2, 0) is 27.3 Å². The molecule has 2 fully saturated rings. The number of aromatic nitrogens is 3. The third-order valence-electron chi connectivity index (χ3n) is 4.76. The molecule has 1 aromatic rings. The lowest BCUT2D eigenvalue weighted by atomic mass is 9.91. The number of hydrogen-bond acceptors (Lipinski definition) is 7. The van der Waals surface area contributed by atoms with Gasteiger partial charge in [-0.25, -0.2) is 4.31 Å². The first-order chi connectivity index (χ1) is 11.5. The fourth-order valence-corrected chi connectivity index (χ4v) is 4.60. The molecule has 0 spiro atoms. The topological polar surface area (TPSA) is 130 Å². The van der Waals surface area contributed by atoms with E-state index in [0.717, 1.165) is 17.6 Å². The van der Waals surface area contributed by atoms with E-state index in [1.807, 2.05) is 0 Å². The molecule has 2 aliphatic heterocycles. The summed E-state index contributed by atoms with van der Waals surface area (Å²) in [7, 11) is 1.58. The van der Waals surface area contributed by atoms with Crippen molar-refractivity contribution in [1.29, 1.82) is 0 Å². The molecule has 3 unspecified atom stereocenters. The minimum absolute atomic E-state index is 0.0933. The van der Waals surface area contributed by atoms with E-state index in [9.17, 15) is 13.6 Å². The zero-order valence-electron chi connectivity index (χ0n) is 13.4. The molecule has 3 rings (SSSR count). The van der Waals surface area contributed by atoms with Crippen LogP contribution in [-0.4, -0.2) is 71.3 Å². The van der Waals surface area contributed by atoms with Gasteiger partial charge in [0.25, 0.3) is 0 Å². The molecule has 24 heavy (non-hydrogen) atoms. The molecular weight excluding hydrogens is 336 g/mol. The van der Waals surface area contributed by atoms with Crippen LogP contribution >= 0.6 is 0 Å².